The van der Waals surface area contributed by atoms with Crippen LogP contribution in [0.4, 0.5) is 5.69 Å². The van der Waals surface area contributed by atoms with Gasteiger partial charge in [0.2, 0.25) is 5.89 Å². The highest BCUT2D eigenvalue weighted by Crippen LogP contribution is 2.20. The molecule has 2 heterocycles. The van der Waals surface area contributed by atoms with Crippen LogP contribution in [0.25, 0.3) is 0 Å². The number of nitriles is 1. The highest BCUT2D eigenvalue weighted by Gasteiger charge is 2.13. The van der Waals surface area contributed by atoms with Gasteiger partial charge in [0.25, 0.3) is 0 Å². The fourth-order valence-corrected chi connectivity index (χ4v) is 1.48. The van der Waals surface area contributed by atoms with Crippen molar-refractivity contribution < 1.29 is 4.42 Å². The fraction of sp³-hybridized carbons (Fsp3) is 0.250. The molecule has 0 radical (unpaired) electrons. The average molecular weight is 228 g/mol. The van der Waals surface area contributed by atoms with Crippen LogP contribution < -0.4 is 5.32 Å². The third-order valence-electron chi connectivity index (χ3n) is 2.30. The van der Waals surface area contributed by atoms with Crippen molar-refractivity contribution in [3.8, 4) is 6.07 Å². The summed E-state index contributed by atoms with van der Waals surface area (Å²) >= 11 is 0. The van der Waals surface area contributed by atoms with Crippen LogP contribution in [0.2, 0.25) is 0 Å². The minimum atomic E-state index is -0.111. The summed E-state index contributed by atoms with van der Waals surface area (Å²) in [4.78, 5) is 8.11. The van der Waals surface area contributed by atoms with Gasteiger partial charge in [0.15, 0.2) is 5.69 Å². The molecule has 5 heteroatoms. The summed E-state index contributed by atoms with van der Waals surface area (Å²) in [5.41, 5.74) is 1.04. The molecule has 2 aromatic rings. The van der Waals surface area contributed by atoms with Crippen LogP contribution in [-0.2, 0) is 0 Å². The van der Waals surface area contributed by atoms with Gasteiger partial charge in [-0.15, -0.1) is 0 Å². The summed E-state index contributed by atoms with van der Waals surface area (Å²) in [6.07, 6.45) is 3.26. The highest BCUT2D eigenvalue weighted by molar-refractivity contribution is 5.53. The SMILES string of the molecule is Cc1cnc(C(C)Nc2cccnc2C#N)o1. The monoisotopic (exact) mass is 228 g/mol. The van der Waals surface area contributed by atoms with Gasteiger partial charge in [0.1, 0.15) is 17.9 Å². The smallest absolute Gasteiger partial charge is 0.216 e. The number of anilines is 1. The number of nitrogens with one attached hydrogen (secondary N) is 1. The maximum Gasteiger partial charge on any atom is 0.216 e. The molecule has 0 bridgehead atoms. The molecular formula is C12H12N4O. The van der Waals surface area contributed by atoms with Crippen molar-refractivity contribution in [2.45, 2.75) is 19.9 Å². The van der Waals surface area contributed by atoms with E-state index in [0.717, 1.165) is 5.76 Å². The lowest BCUT2D eigenvalue weighted by molar-refractivity contribution is 0.453. The average Bonchev–Trinajstić information content (AvgIpc) is 2.77. The van der Waals surface area contributed by atoms with Crippen molar-refractivity contribution in [2.75, 3.05) is 5.32 Å². The minimum Gasteiger partial charge on any atom is -0.444 e. The Morgan fingerprint density at radius 1 is 1.47 bits per heavy atom. The third kappa shape index (κ3) is 2.42. The molecular weight excluding hydrogens is 216 g/mol. The molecule has 0 saturated carbocycles. The Morgan fingerprint density at radius 2 is 2.29 bits per heavy atom. The predicted octanol–water partition coefficient (Wildman–Crippen LogP) is 2.42. The molecule has 2 aromatic heterocycles. The Morgan fingerprint density at radius 3 is 2.94 bits per heavy atom. The molecule has 1 atom stereocenters. The van der Waals surface area contributed by atoms with E-state index in [4.69, 9.17) is 9.68 Å². The molecule has 86 valence electrons. The summed E-state index contributed by atoms with van der Waals surface area (Å²) in [5, 5.41) is 12.1. The highest BCUT2D eigenvalue weighted by atomic mass is 16.4. The number of hydrogen-bond donors (Lipinski definition) is 1. The lowest BCUT2D eigenvalue weighted by Gasteiger charge is -2.12. The van der Waals surface area contributed by atoms with Gasteiger partial charge >= 0.3 is 0 Å². The van der Waals surface area contributed by atoms with E-state index < -0.39 is 0 Å². The normalized spacial score (nSPS) is 11.8. The van der Waals surface area contributed by atoms with Gasteiger partial charge in [-0.3, -0.25) is 0 Å². The zero-order chi connectivity index (χ0) is 12.3. The number of aromatic nitrogens is 2. The van der Waals surface area contributed by atoms with E-state index in [9.17, 15) is 0 Å². The molecule has 0 saturated heterocycles. The lowest BCUT2D eigenvalue weighted by Crippen LogP contribution is -2.08. The van der Waals surface area contributed by atoms with Crippen molar-refractivity contribution in [1.82, 2.24) is 9.97 Å². The van der Waals surface area contributed by atoms with Gasteiger partial charge in [0.05, 0.1) is 11.9 Å². The van der Waals surface area contributed by atoms with E-state index in [0.29, 0.717) is 17.3 Å². The largest absolute Gasteiger partial charge is 0.444 e. The number of hydrogen-bond acceptors (Lipinski definition) is 5. The molecule has 17 heavy (non-hydrogen) atoms. The number of aryl methyl sites for hydroxylation is 1. The van der Waals surface area contributed by atoms with Crippen LogP contribution >= 0.6 is 0 Å². The lowest BCUT2D eigenvalue weighted by atomic mass is 10.2. The molecule has 0 aliphatic heterocycles. The molecule has 0 aliphatic carbocycles. The van der Waals surface area contributed by atoms with Gasteiger partial charge < -0.3 is 9.73 Å². The third-order valence-corrected chi connectivity index (χ3v) is 2.30. The Labute approximate surface area is 99.1 Å². The van der Waals surface area contributed by atoms with Crippen LogP contribution in [0.3, 0.4) is 0 Å². The minimum absolute atomic E-state index is 0.111. The molecule has 0 fully saturated rings. The van der Waals surface area contributed by atoms with Crippen LogP contribution in [-0.4, -0.2) is 9.97 Å². The van der Waals surface area contributed by atoms with E-state index >= 15 is 0 Å². The standard InChI is InChI=1S/C12H12N4O/c1-8-7-15-12(17-8)9(2)16-10-4-3-5-14-11(10)6-13/h3-5,7,9,16H,1-2H3. The van der Waals surface area contributed by atoms with Crippen molar-refractivity contribution in [3.63, 3.8) is 0 Å². The molecule has 0 aromatic carbocycles. The van der Waals surface area contributed by atoms with Gasteiger partial charge in [-0.1, -0.05) is 0 Å². The van der Waals surface area contributed by atoms with E-state index in [1.54, 1.807) is 24.5 Å². The molecule has 1 N–H and O–H groups in total. The van der Waals surface area contributed by atoms with Gasteiger partial charge in [-0.2, -0.15) is 5.26 Å². The molecule has 5 nitrogen and oxygen atoms in total. The van der Waals surface area contributed by atoms with Crippen molar-refractivity contribution in [1.29, 1.82) is 5.26 Å². The first-order chi connectivity index (χ1) is 8.20. The topological polar surface area (TPSA) is 74.7 Å². The van der Waals surface area contributed by atoms with Gasteiger partial charge in [0, 0.05) is 6.20 Å². The van der Waals surface area contributed by atoms with E-state index in [2.05, 4.69) is 15.3 Å². The van der Waals surface area contributed by atoms with Gasteiger partial charge in [-0.25, -0.2) is 9.97 Å². The molecule has 0 spiro atoms. The number of nitrogens with zero attached hydrogens (tertiary/aromatic N) is 3. The fourth-order valence-electron chi connectivity index (χ4n) is 1.48. The second kappa shape index (κ2) is 4.66. The maximum absolute atomic E-state index is 8.91. The number of pyridine rings is 1. The number of oxazole rings is 1. The van der Waals surface area contributed by atoms with Crippen molar-refractivity contribution in [2.24, 2.45) is 0 Å². The second-order valence-corrected chi connectivity index (χ2v) is 3.69. The van der Waals surface area contributed by atoms with Crippen LogP contribution in [0.15, 0.2) is 28.9 Å². The first-order valence-electron chi connectivity index (χ1n) is 5.24. The quantitative estimate of drug-likeness (QED) is 0.873. The summed E-state index contributed by atoms with van der Waals surface area (Å²) < 4.78 is 5.41. The summed E-state index contributed by atoms with van der Waals surface area (Å²) in [5.74, 6) is 1.36. The summed E-state index contributed by atoms with van der Waals surface area (Å²) in [6.45, 7) is 3.76. The zero-order valence-electron chi connectivity index (χ0n) is 9.64. The first kappa shape index (κ1) is 11.1. The molecule has 0 amide bonds. The Hall–Kier alpha value is -2.35. The Balaban J connectivity index is 2.19. The maximum atomic E-state index is 8.91. The van der Waals surface area contributed by atoms with Gasteiger partial charge in [-0.05, 0) is 26.0 Å². The summed E-state index contributed by atoms with van der Waals surface area (Å²) in [7, 11) is 0. The van der Waals surface area contributed by atoms with E-state index in [1.807, 2.05) is 19.9 Å². The second-order valence-electron chi connectivity index (χ2n) is 3.69. The van der Waals surface area contributed by atoms with Crippen LogP contribution in [0, 0.1) is 18.3 Å². The van der Waals surface area contributed by atoms with E-state index in [-0.39, 0.29) is 6.04 Å². The summed E-state index contributed by atoms with van der Waals surface area (Å²) in [6, 6.07) is 5.50. The van der Waals surface area contributed by atoms with Crippen molar-refractivity contribution in [3.05, 3.63) is 41.9 Å². The van der Waals surface area contributed by atoms with Crippen molar-refractivity contribution >= 4 is 5.69 Å². The number of rotatable bonds is 3. The zero-order valence-corrected chi connectivity index (χ0v) is 9.64. The molecule has 0 aliphatic rings. The van der Waals surface area contributed by atoms with E-state index in [1.165, 1.54) is 0 Å². The Bertz CT molecular complexity index is 556. The predicted molar refractivity (Wildman–Crippen MR) is 62.2 cm³/mol. The first-order valence-corrected chi connectivity index (χ1v) is 5.24. The molecule has 2 rings (SSSR count). The van der Waals surface area contributed by atoms with Crippen LogP contribution in [0.5, 0.6) is 0 Å². The van der Waals surface area contributed by atoms with Crippen LogP contribution in [0.1, 0.15) is 30.3 Å². The molecule has 1 unspecified atom stereocenters. The Kier molecular flexibility index (Phi) is 3.06.